The maximum Gasteiger partial charge on any atom is 0.125 e. The Balaban J connectivity index is 1.94. The molecule has 3 rings (SSSR count). The third-order valence-corrected chi connectivity index (χ3v) is 4.75. The van der Waals surface area contributed by atoms with Crippen LogP contribution in [0.25, 0.3) is 0 Å². The van der Waals surface area contributed by atoms with Gasteiger partial charge in [0, 0.05) is 18.0 Å². The largest absolute Gasteiger partial charge is 0.487 e. The summed E-state index contributed by atoms with van der Waals surface area (Å²) < 4.78 is 19.9. The number of hydrogen-bond donors (Lipinski definition) is 1. The molecule has 0 bridgehead atoms. The highest BCUT2D eigenvalue weighted by Gasteiger charge is 2.43. The summed E-state index contributed by atoms with van der Waals surface area (Å²) in [5, 5.41) is 3.51. The minimum atomic E-state index is -0.178. The van der Waals surface area contributed by atoms with E-state index >= 15 is 0 Å². The first kappa shape index (κ1) is 13.9. The van der Waals surface area contributed by atoms with Crippen molar-refractivity contribution in [1.29, 1.82) is 0 Å². The molecule has 1 aromatic rings. The van der Waals surface area contributed by atoms with Crippen LogP contribution in [0.3, 0.4) is 0 Å². The van der Waals surface area contributed by atoms with Gasteiger partial charge >= 0.3 is 0 Å². The fourth-order valence-corrected chi connectivity index (χ4v) is 3.96. The van der Waals surface area contributed by atoms with Crippen molar-refractivity contribution in [2.75, 3.05) is 6.54 Å². The summed E-state index contributed by atoms with van der Waals surface area (Å²) >= 11 is 0. The minimum absolute atomic E-state index is 0.0463. The summed E-state index contributed by atoms with van der Waals surface area (Å²) in [6, 6.07) is 5.15. The van der Waals surface area contributed by atoms with E-state index < -0.39 is 0 Å². The number of fused-ring (bicyclic) bond motifs is 1. The van der Waals surface area contributed by atoms with Gasteiger partial charge in [0.2, 0.25) is 0 Å². The van der Waals surface area contributed by atoms with Crippen molar-refractivity contribution in [2.45, 2.75) is 57.6 Å². The third kappa shape index (κ3) is 2.56. The highest BCUT2D eigenvalue weighted by molar-refractivity contribution is 5.39. The van der Waals surface area contributed by atoms with Crippen LogP contribution < -0.4 is 10.1 Å². The predicted octanol–water partition coefficient (Wildman–Crippen LogP) is 4.21. The molecule has 1 saturated carbocycles. The lowest BCUT2D eigenvalue weighted by molar-refractivity contribution is -0.0180. The quantitative estimate of drug-likeness (QED) is 0.874. The SMILES string of the molecule is CCNC1CC2(CCCC(C)C2)Oc2ccc(F)cc21. The van der Waals surface area contributed by atoms with E-state index in [-0.39, 0.29) is 17.5 Å². The third-order valence-electron chi connectivity index (χ3n) is 4.75. The first-order valence-electron chi connectivity index (χ1n) is 7.84. The van der Waals surface area contributed by atoms with E-state index in [4.69, 9.17) is 4.74 Å². The molecule has 1 heterocycles. The maximum absolute atomic E-state index is 13.5. The standard InChI is InChI=1S/C17H24FNO/c1-3-19-15-11-17(8-4-5-12(2)10-17)20-16-7-6-13(18)9-14(15)16/h6-7,9,12,15,19H,3-5,8,10-11H2,1-2H3. The highest BCUT2D eigenvalue weighted by Crippen LogP contribution is 2.47. The second-order valence-electron chi connectivity index (χ2n) is 6.48. The van der Waals surface area contributed by atoms with Gasteiger partial charge in [0.05, 0.1) is 0 Å². The molecule has 3 heteroatoms. The summed E-state index contributed by atoms with van der Waals surface area (Å²) in [5.74, 6) is 1.41. The van der Waals surface area contributed by atoms with E-state index in [1.54, 1.807) is 12.1 Å². The number of nitrogens with one attached hydrogen (secondary N) is 1. The van der Waals surface area contributed by atoms with Crippen molar-refractivity contribution in [1.82, 2.24) is 5.32 Å². The Morgan fingerprint density at radius 3 is 3.00 bits per heavy atom. The molecule has 1 N–H and O–H groups in total. The Hall–Kier alpha value is -1.09. The molecule has 1 spiro atoms. The maximum atomic E-state index is 13.5. The molecule has 2 nitrogen and oxygen atoms in total. The van der Waals surface area contributed by atoms with E-state index in [1.165, 1.54) is 18.9 Å². The molecular formula is C17H24FNO. The van der Waals surface area contributed by atoms with Gasteiger partial charge in [0.1, 0.15) is 17.2 Å². The van der Waals surface area contributed by atoms with Gasteiger partial charge in [-0.3, -0.25) is 0 Å². The van der Waals surface area contributed by atoms with Crippen LogP contribution in [0.2, 0.25) is 0 Å². The van der Waals surface area contributed by atoms with Crippen molar-refractivity contribution in [2.24, 2.45) is 5.92 Å². The molecule has 0 radical (unpaired) electrons. The number of benzene rings is 1. The molecule has 1 aliphatic heterocycles. The molecule has 110 valence electrons. The van der Waals surface area contributed by atoms with Gasteiger partial charge < -0.3 is 10.1 Å². The second kappa shape index (κ2) is 5.36. The Labute approximate surface area is 120 Å². The van der Waals surface area contributed by atoms with Gasteiger partial charge in [-0.25, -0.2) is 4.39 Å². The molecule has 1 aliphatic carbocycles. The van der Waals surface area contributed by atoms with E-state index in [0.717, 1.165) is 37.1 Å². The van der Waals surface area contributed by atoms with Gasteiger partial charge in [-0.1, -0.05) is 20.3 Å². The average Bonchev–Trinajstić information content (AvgIpc) is 2.40. The number of halogens is 1. The van der Waals surface area contributed by atoms with Crippen LogP contribution in [-0.4, -0.2) is 12.1 Å². The molecule has 2 aliphatic rings. The van der Waals surface area contributed by atoms with Crippen LogP contribution in [0.15, 0.2) is 18.2 Å². The monoisotopic (exact) mass is 277 g/mol. The molecular weight excluding hydrogens is 253 g/mol. The smallest absolute Gasteiger partial charge is 0.125 e. The van der Waals surface area contributed by atoms with Crippen LogP contribution in [0.4, 0.5) is 4.39 Å². The van der Waals surface area contributed by atoms with E-state index in [1.807, 2.05) is 0 Å². The zero-order valence-corrected chi connectivity index (χ0v) is 12.4. The topological polar surface area (TPSA) is 21.3 Å². The molecule has 0 amide bonds. The van der Waals surface area contributed by atoms with Crippen molar-refractivity contribution in [3.8, 4) is 5.75 Å². The molecule has 0 aromatic heterocycles. The second-order valence-corrected chi connectivity index (χ2v) is 6.48. The summed E-state index contributed by atoms with van der Waals surface area (Å²) in [6.07, 6.45) is 5.73. The average molecular weight is 277 g/mol. The summed E-state index contributed by atoms with van der Waals surface area (Å²) in [4.78, 5) is 0. The van der Waals surface area contributed by atoms with Gasteiger partial charge in [0.25, 0.3) is 0 Å². The van der Waals surface area contributed by atoms with Crippen molar-refractivity contribution >= 4 is 0 Å². The Morgan fingerprint density at radius 2 is 2.25 bits per heavy atom. The number of rotatable bonds is 2. The van der Waals surface area contributed by atoms with Crippen molar-refractivity contribution < 1.29 is 9.13 Å². The summed E-state index contributed by atoms with van der Waals surface area (Å²) in [6.45, 7) is 5.31. The van der Waals surface area contributed by atoms with Crippen LogP contribution in [0, 0.1) is 11.7 Å². The van der Waals surface area contributed by atoms with E-state index in [0.29, 0.717) is 5.92 Å². The predicted molar refractivity (Wildman–Crippen MR) is 78.4 cm³/mol. The molecule has 20 heavy (non-hydrogen) atoms. The van der Waals surface area contributed by atoms with Crippen LogP contribution in [0.5, 0.6) is 5.75 Å². The summed E-state index contributed by atoms with van der Waals surface area (Å²) in [7, 11) is 0. The highest BCUT2D eigenvalue weighted by atomic mass is 19.1. The first-order valence-corrected chi connectivity index (χ1v) is 7.84. The minimum Gasteiger partial charge on any atom is -0.487 e. The number of ether oxygens (including phenoxy) is 1. The van der Waals surface area contributed by atoms with E-state index in [2.05, 4.69) is 19.2 Å². The zero-order chi connectivity index (χ0) is 14.2. The van der Waals surface area contributed by atoms with Gasteiger partial charge in [-0.05, 0) is 49.9 Å². The molecule has 3 atom stereocenters. The van der Waals surface area contributed by atoms with Crippen molar-refractivity contribution in [3.63, 3.8) is 0 Å². The van der Waals surface area contributed by atoms with Crippen LogP contribution in [0.1, 0.15) is 57.6 Å². The fourth-order valence-electron chi connectivity index (χ4n) is 3.96. The van der Waals surface area contributed by atoms with E-state index in [9.17, 15) is 4.39 Å². The lowest BCUT2D eigenvalue weighted by atomic mass is 9.73. The van der Waals surface area contributed by atoms with Gasteiger partial charge in [-0.15, -0.1) is 0 Å². The fraction of sp³-hybridized carbons (Fsp3) is 0.647. The lowest BCUT2D eigenvalue weighted by Gasteiger charge is -2.46. The van der Waals surface area contributed by atoms with Crippen molar-refractivity contribution in [3.05, 3.63) is 29.6 Å². The zero-order valence-electron chi connectivity index (χ0n) is 12.4. The van der Waals surface area contributed by atoms with Crippen LogP contribution >= 0.6 is 0 Å². The Kier molecular flexibility index (Phi) is 3.72. The molecule has 0 saturated heterocycles. The molecule has 3 unspecified atom stereocenters. The summed E-state index contributed by atoms with van der Waals surface area (Å²) in [5.41, 5.74) is 0.936. The normalized spacial score (nSPS) is 32.8. The molecule has 1 fully saturated rings. The molecule has 1 aromatic carbocycles. The first-order chi connectivity index (χ1) is 9.62. The van der Waals surface area contributed by atoms with Gasteiger partial charge in [0.15, 0.2) is 0 Å². The van der Waals surface area contributed by atoms with Gasteiger partial charge in [-0.2, -0.15) is 0 Å². The Bertz CT molecular complexity index is 490. The van der Waals surface area contributed by atoms with Crippen LogP contribution in [-0.2, 0) is 0 Å². The lowest BCUT2D eigenvalue weighted by Crippen LogP contribution is -2.47. The Morgan fingerprint density at radius 1 is 1.40 bits per heavy atom. The number of hydrogen-bond acceptors (Lipinski definition) is 2.